The highest BCUT2D eigenvalue weighted by Gasteiger charge is 2.00. The van der Waals surface area contributed by atoms with Crippen LogP contribution in [0.1, 0.15) is 70.3 Å². The van der Waals surface area contributed by atoms with Crippen molar-refractivity contribution in [3.8, 4) is 0 Å². The van der Waals surface area contributed by atoms with Gasteiger partial charge >= 0.3 is 0 Å². The van der Waals surface area contributed by atoms with Crippen molar-refractivity contribution in [1.82, 2.24) is 4.98 Å². The maximum atomic E-state index is 4.21. The zero-order valence-corrected chi connectivity index (χ0v) is 13.5. The van der Waals surface area contributed by atoms with Crippen LogP contribution in [0.3, 0.4) is 0 Å². The van der Waals surface area contributed by atoms with Gasteiger partial charge in [-0.2, -0.15) is 0 Å². The van der Waals surface area contributed by atoms with Crippen LogP contribution in [0.15, 0.2) is 36.7 Å². The van der Waals surface area contributed by atoms with Crippen LogP contribution >= 0.6 is 0 Å². The van der Waals surface area contributed by atoms with Gasteiger partial charge in [0, 0.05) is 17.8 Å². The Labute approximate surface area is 129 Å². The number of hydrogen-bond donors (Lipinski definition) is 0. The summed E-state index contributed by atoms with van der Waals surface area (Å²) in [6, 6.07) is 8.74. The molecule has 0 fully saturated rings. The molecule has 1 heterocycles. The third kappa shape index (κ3) is 5.49. The fourth-order valence-electron chi connectivity index (χ4n) is 3.03. The molecule has 1 aromatic carbocycles. The van der Waals surface area contributed by atoms with E-state index in [0.717, 1.165) is 0 Å². The van der Waals surface area contributed by atoms with Gasteiger partial charge in [0.15, 0.2) is 0 Å². The Balaban J connectivity index is 1.64. The van der Waals surface area contributed by atoms with Crippen molar-refractivity contribution in [2.75, 3.05) is 0 Å². The number of nitrogens with zero attached hydrogens (tertiary/aromatic N) is 1. The molecular weight excluding hydrogens is 254 g/mol. The van der Waals surface area contributed by atoms with Crippen molar-refractivity contribution in [2.45, 2.75) is 71.1 Å². The van der Waals surface area contributed by atoms with E-state index in [-0.39, 0.29) is 0 Å². The predicted molar refractivity (Wildman–Crippen MR) is 92.7 cm³/mol. The van der Waals surface area contributed by atoms with Crippen LogP contribution in [-0.2, 0) is 6.42 Å². The van der Waals surface area contributed by atoms with Gasteiger partial charge in [-0.15, -0.1) is 0 Å². The van der Waals surface area contributed by atoms with Crippen molar-refractivity contribution in [2.24, 2.45) is 0 Å². The molecule has 0 spiro atoms. The van der Waals surface area contributed by atoms with Crippen molar-refractivity contribution >= 4 is 10.8 Å². The van der Waals surface area contributed by atoms with E-state index < -0.39 is 0 Å². The first kappa shape index (κ1) is 16.0. The molecule has 114 valence electrons. The average molecular weight is 283 g/mol. The molecule has 0 atom stereocenters. The summed E-state index contributed by atoms with van der Waals surface area (Å²) in [5, 5.41) is 2.65. The predicted octanol–water partition coefficient (Wildman–Crippen LogP) is 6.31. The lowest BCUT2D eigenvalue weighted by atomic mass is 10.00. The number of benzene rings is 1. The number of fused-ring (bicyclic) bond motifs is 1. The summed E-state index contributed by atoms with van der Waals surface area (Å²) in [4.78, 5) is 4.21. The van der Waals surface area contributed by atoms with Gasteiger partial charge < -0.3 is 0 Å². The number of pyridine rings is 1. The molecule has 21 heavy (non-hydrogen) atoms. The smallest absolute Gasteiger partial charge is 0.0346 e. The Hall–Kier alpha value is -1.37. The zero-order chi connectivity index (χ0) is 14.8. The molecule has 1 nitrogen and oxygen atoms in total. The molecule has 0 aliphatic rings. The van der Waals surface area contributed by atoms with Gasteiger partial charge in [0.05, 0.1) is 0 Å². The van der Waals surface area contributed by atoms with E-state index in [1.54, 1.807) is 0 Å². The van der Waals surface area contributed by atoms with Crippen LogP contribution in [0.4, 0.5) is 0 Å². The summed E-state index contributed by atoms with van der Waals surface area (Å²) < 4.78 is 0. The first-order valence-electron chi connectivity index (χ1n) is 8.73. The van der Waals surface area contributed by atoms with E-state index in [0.29, 0.717) is 0 Å². The zero-order valence-electron chi connectivity index (χ0n) is 13.5. The van der Waals surface area contributed by atoms with E-state index in [2.05, 4.69) is 36.2 Å². The second kappa shape index (κ2) is 9.55. The fraction of sp³-hybridized carbons (Fsp3) is 0.550. The minimum Gasteiger partial charge on any atom is -0.264 e. The Morgan fingerprint density at radius 1 is 0.810 bits per heavy atom. The molecule has 0 N–H and O–H groups in total. The average Bonchev–Trinajstić information content (AvgIpc) is 2.53. The van der Waals surface area contributed by atoms with Crippen LogP contribution in [0.25, 0.3) is 10.8 Å². The summed E-state index contributed by atoms with van der Waals surface area (Å²) in [6.45, 7) is 2.28. The number of aromatic nitrogens is 1. The van der Waals surface area contributed by atoms with E-state index in [1.165, 1.54) is 80.5 Å². The SMILES string of the molecule is CCCCCCCCCCCc1cccc2cnccc12. The maximum absolute atomic E-state index is 4.21. The van der Waals surface area contributed by atoms with Crippen molar-refractivity contribution in [1.29, 1.82) is 0 Å². The Bertz CT molecular complexity index is 513. The second-order valence-electron chi connectivity index (χ2n) is 6.09. The van der Waals surface area contributed by atoms with E-state index in [4.69, 9.17) is 0 Å². The van der Waals surface area contributed by atoms with Gasteiger partial charge in [0.1, 0.15) is 0 Å². The minimum absolute atomic E-state index is 1.21. The lowest BCUT2D eigenvalue weighted by molar-refractivity contribution is 0.565. The molecule has 0 saturated heterocycles. The minimum atomic E-state index is 1.21. The number of unbranched alkanes of at least 4 members (excludes halogenated alkanes) is 8. The van der Waals surface area contributed by atoms with Gasteiger partial charge in [-0.05, 0) is 29.9 Å². The normalized spacial score (nSPS) is 11.1. The summed E-state index contributed by atoms with van der Waals surface area (Å²) in [5.41, 5.74) is 1.48. The van der Waals surface area contributed by atoms with Gasteiger partial charge in [-0.25, -0.2) is 0 Å². The van der Waals surface area contributed by atoms with E-state index in [1.807, 2.05) is 12.4 Å². The molecule has 0 bridgehead atoms. The van der Waals surface area contributed by atoms with Crippen LogP contribution in [0.5, 0.6) is 0 Å². The molecule has 0 radical (unpaired) electrons. The maximum Gasteiger partial charge on any atom is 0.0346 e. The molecule has 1 heteroatoms. The van der Waals surface area contributed by atoms with Gasteiger partial charge in [-0.1, -0.05) is 76.5 Å². The first-order chi connectivity index (χ1) is 10.4. The quantitative estimate of drug-likeness (QED) is 0.466. The number of aryl methyl sites for hydroxylation is 1. The topological polar surface area (TPSA) is 12.9 Å². The summed E-state index contributed by atoms with van der Waals surface area (Å²) in [7, 11) is 0. The molecule has 1 aromatic heterocycles. The highest BCUT2D eigenvalue weighted by Crippen LogP contribution is 2.20. The fourth-order valence-corrected chi connectivity index (χ4v) is 3.03. The van der Waals surface area contributed by atoms with Crippen molar-refractivity contribution in [3.05, 3.63) is 42.2 Å². The Morgan fingerprint density at radius 3 is 2.29 bits per heavy atom. The largest absolute Gasteiger partial charge is 0.264 e. The third-order valence-electron chi connectivity index (χ3n) is 4.32. The van der Waals surface area contributed by atoms with Crippen molar-refractivity contribution < 1.29 is 0 Å². The number of rotatable bonds is 10. The molecule has 0 saturated carbocycles. The van der Waals surface area contributed by atoms with Gasteiger partial charge in [0.25, 0.3) is 0 Å². The Kier molecular flexibility index (Phi) is 7.28. The molecule has 0 amide bonds. The molecule has 2 aromatic rings. The summed E-state index contributed by atoms with van der Waals surface area (Å²) >= 11 is 0. The third-order valence-corrected chi connectivity index (χ3v) is 4.32. The van der Waals surface area contributed by atoms with Crippen molar-refractivity contribution in [3.63, 3.8) is 0 Å². The van der Waals surface area contributed by atoms with Crippen LogP contribution in [-0.4, -0.2) is 4.98 Å². The molecular formula is C20H29N. The van der Waals surface area contributed by atoms with Crippen LogP contribution in [0.2, 0.25) is 0 Å². The van der Waals surface area contributed by atoms with Crippen LogP contribution in [0, 0.1) is 0 Å². The summed E-state index contributed by atoms with van der Waals surface area (Å²) in [6.07, 6.45) is 17.6. The van der Waals surface area contributed by atoms with E-state index in [9.17, 15) is 0 Å². The lowest BCUT2D eigenvalue weighted by Crippen LogP contribution is -1.89. The molecule has 0 aliphatic heterocycles. The van der Waals surface area contributed by atoms with Gasteiger partial charge in [-0.3, -0.25) is 4.98 Å². The monoisotopic (exact) mass is 283 g/mol. The number of hydrogen-bond acceptors (Lipinski definition) is 1. The van der Waals surface area contributed by atoms with Gasteiger partial charge in [0.2, 0.25) is 0 Å². The van der Waals surface area contributed by atoms with Crippen LogP contribution < -0.4 is 0 Å². The lowest BCUT2D eigenvalue weighted by Gasteiger charge is -2.06. The summed E-state index contributed by atoms with van der Waals surface area (Å²) in [5.74, 6) is 0. The highest BCUT2D eigenvalue weighted by molar-refractivity contribution is 5.84. The molecule has 0 unspecified atom stereocenters. The second-order valence-corrected chi connectivity index (χ2v) is 6.09. The van der Waals surface area contributed by atoms with E-state index >= 15 is 0 Å². The Morgan fingerprint density at radius 2 is 1.52 bits per heavy atom. The standard InChI is InChI=1S/C20H29N/c1-2-3-4-5-6-7-8-9-10-12-18-13-11-14-19-17-21-16-15-20(18)19/h11,13-17H,2-10,12H2,1H3. The molecule has 0 aliphatic carbocycles. The molecule has 2 rings (SSSR count). The first-order valence-corrected chi connectivity index (χ1v) is 8.73. The highest BCUT2D eigenvalue weighted by atomic mass is 14.6.